The fourth-order valence-electron chi connectivity index (χ4n) is 4.56. The second kappa shape index (κ2) is 10.5. The summed E-state index contributed by atoms with van der Waals surface area (Å²) in [6.07, 6.45) is 1.37. The Bertz CT molecular complexity index is 1390. The number of nitrogens with one attached hydrogen (secondary N) is 2. The van der Waals surface area contributed by atoms with Crippen LogP contribution in [0.5, 0.6) is 17.2 Å². The summed E-state index contributed by atoms with van der Waals surface area (Å²) in [5, 5.41) is 14.5. The quantitative estimate of drug-likeness (QED) is 0.405. The molecule has 0 aromatic heterocycles. The summed E-state index contributed by atoms with van der Waals surface area (Å²) in [6, 6.07) is 6.07. The van der Waals surface area contributed by atoms with Crippen molar-refractivity contribution in [2.24, 2.45) is 5.92 Å². The smallest absolute Gasteiger partial charge is 0.305 e. The van der Waals surface area contributed by atoms with E-state index < -0.39 is 35.0 Å². The molecule has 12 heteroatoms. The first kappa shape index (κ1) is 27.3. The monoisotopic (exact) mass is 562 g/mol. The first-order valence-electron chi connectivity index (χ1n) is 11.5. The summed E-state index contributed by atoms with van der Waals surface area (Å²) in [5.74, 6) is -2.73. The lowest BCUT2D eigenvalue weighted by Gasteiger charge is -2.35. The van der Waals surface area contributed by atoms with E-state index in [9.17, 15) is 19.2 Å². The van der Waals surface area contributed by atoms with Crippen LogP contribution in [0, 0.1) is 5.92 Å². The van der Waals surface area contributed by atoms with Crippen LogP contribution >= 0.6 is 23.2 Å². The van der Waals surface area contributed by atoms with E-state index in [-0.39, 0.29) is 57.8 Å². The average molecular weight is 563 g/mol. The number of Topliss-reactive ketones (excluding diaryl/α,β-unsaturated/α-hetero) is 1. The maximum Gasteiger partial charge on any atom is 0.305 e. The zero-order valence-corrected chi connectivity index (χ0v) is 22.2. The van der Waals surface area contributed by atoms with Gasteiger partial charge in [0.1, 0.15) is 22.1 Å². The molecule has 38 heavy (non-hydrogen) atoms. The summed E-state index contributed by atoms with van der Waals surface area (Å²) < 4.78 is 16.6. The molecule has 1 amide bonds. The van der Waals surface area contributed by atoms with Crippen molar-refractivity contribution in [3.8, 4) is 17.2 Å². The zero-order chi connectivity index (χ0) is 27.8. The van der Waals surface area contributed by atoms with Gasteiger partial charge in [-0.25, -0.2) is 0 Å². The summed E-state index contributed by atoms with van der Waals surface area (Å²) in [7, 11) is 2.81. The van der Waals surface area contributed by atoms with E-state index >= 15 is 0 Å². The average Bonchev–Trinajstić information content (AvgIpc) is 3.17. The van der Waals surface area contributed by atoms with E-state index in [1.807, 2.05) is 0 Å². The minimum atomic E-state index is -1.80. The fourth-order valence-corrected chi connectivity index (χ4v) is 5.09. The van der Waals surface area contributed by atoms with E-state index in [1.165, 1.54) is 38.5 Å². The van der Waals surface area contributed by atoms with Gasteiger partial charge in [0, 0.05) is 36.0 Å². The van der Waals surface area contributed by atoms with Crippen molar-refractivity contribution >= 4 is 52.3 Å². The predicted octanol–water partition coefficient (Wildman–Crippen LogP) is 4.13. The Morgan fingerprint density at radius 2 is 1.87 bits per heavy atom. The lowest BCUT2D eigenvalue weighted by atomic mass is 9.74. The number of ketones is 2. The van der Waals surface area contributed by atoms with Crippen LogP contribution < -0.4 is 24.8 Å². The minimum absolute atomic E-state index is 0.0341. The van der Waals surface area contributed by atoms with Gasteiger partial charge in [-0.3, -0.25) is 19.2 Å². The number of carboxylic acid groups (broad SMARTS) is 1. The first-order chi connectivity index (χ1) is 18.0. The molecule has 0 radical (unpaired) electrons. The molecular formula is C26H24Cl2N2O8. The van der Waals surface area contributed by atoms with Crippen LogP contribution in [0.3, 0.4) is 0 Å². The number of carboxylic acids is 1. The Morgan fingerprint density at radius 1 is 1.16 bits per heavy atom. The Hall–Kier alpha value is -3.76. The number of amides is 1. The number of hydrogen-bond acceptors (Lipinski definition) is 8. The maximum atomic E-state index is 13.6. The summed E-state index contributed by atoms with van der Waals surface area (Å²) in [5.41, 5.74) is -0.506. The Morgan fingerprint density at radius 3 is 2.47 bits per heavy atom. The van der Waals surface area contributed by atoms with Crippen LogP contribution in [-0.2, 0) is 9.59 Å². The van der Waals surface area contributed by atoms with Gasteiger partial charge in [0.25, 0.3) is 5.91 Å². The molecule has 0 saturated carbocycles. The number of benzene rings is 2. The first-order valence-corrected chi connectivity index (χ1v) is 12.3. The van der Waals surface area contributed by atoms with Crippen molar-refractivity contribution in [3.05, 3.63) is 57.2 Å². The highest BCUT2D eigenvalue weighted by Crippen LogP contribution is 2.53. The molecule has 200 valence electrons. The molecule has 2 aliphatic rings. The Labute approximate surface area is 227 Å². The molecule has 0 unspecified atom stereocenters. The molecular weight excluding hydrogens is 539 g/mol. The fraction of sp³-hybridized carbons (Fsp3) is 0.308. The van der Waals surface area contributed by atoms with Gasteiger partial charge in [-0.2, -0.15) is 0 Å². The van der Waals surface area contributed by atoms with Gasteiger partial charge >= 0.3 is 5.97 Å². The molecule has 2 aromatic rings. The number of methoxy groups -OCH3 is 2. The third-order valence-corrected chi connectivity index (χ3v) is 7.12. The molecule has 0 saturated heterocycles. The number of aliphatic carboxylic acids is 1. The molecule has 1 aliphatic heterocycles. The van der Waals surface area contributed by atoms with E-state index in [1.54, 1.807) is 13.0 Å². The third-order valence-electron chi connectivity index (χ3n) is 6.45. The minimum Gasteiger partial charge on any atom is -0.496 e. The van der Waals surface area contributed by atoms with Crippen molar-refractivity contribution in [3.63, 3.8) is 0 Å². The van der Waals surface area contributed by atoms with Gasteiger partial charge in [0.2, 0.25) is 17.2 Å². The standard InChI is InChI=1S/C26H24Cl2N2O8/c1-12-8-14(30-13-4-5-15(16(27)9-13)25(35)29-7-6-20(32)33)10-19(31)26(12)24(34)21-17(36-2)11-18(37-3)22(28)23(21)38-26/h4-5,9-12,30H,6-8H2,1-3H3,(H,29,35)(H,32,33)/t12-,26+/m1/s1. The molecule has 10 nitrogen and oxygen atoms in total. The van der Waals surface area contributed by atoms with Gasteiger partial charge in [-0.05, 0) is 24.6 Å². The van der Waals surface area contributed by atoms with Gasteiger partial charge in [0.15, 0.2) is 5.75 Å². The molecule has 0 bridgehead atoms. The van der Waals surface area contributed by atoms with E-state index in [0.29, 0.717) is 11.4 Å². The zero-order valence-electron chi connectivity index (χ0n) is 20.6. The topological polar surface area (TPSA) is 140 Å². The number of hydrogen-bond donors (Lipinski definition) is 3. The summed E-state index contributed by atoms with van der Waals surface area (Å²) >= 11 is 12.7. The number of anilines is 1. The number of carbonyl (C=O) groups excluding carboxylic acids is 3. The molecule has 3 N–H and O–H groups in total. The second-order valence-corrected chi connectivity index (χ2v) is 9.61. The molecule has 1 heterocycles. The van der Waals surface area contributed by atoms with Crippen molar-refractivity contribution in [1.29, 1.82) is 0 Å². The number of rotatable bonds is 8. The van der Waals surface area contributed by atoms with Gasteiger partial charge < -0.3 is 30.0 Å². The van der Waals surface area contributed by atoms with Crippen molar-refractivity contribution < 1.29 is 38.5 Å². The highest BCUT2D eigenvalue weighted by atomic mass is 35.5. The van der Waals surface area contributed by atoms with E-state index in [0.717, 1.165) is 0 Å². The normalized spacial score (nSPS) is 19.9. The highest BCUT2D eigenvalue weighted by molar-refractivity contribution is 6.36. The molecule has 2 atom stereocenters. The largest absolute Gasteiger partial charge is 0.496 e. The number of ether oxygens (including phenoxy) is 3. The molecule has 1 spiro atoms. The third kappa shape index (κ3) is 4.65. The van der Waals surface area contributed by atoms with Crippen LogP contribution in [0.2, 0.25) is 10.0 Å². The SMILES string of the molecule is COc1cc(OC)c2c(c1Cl)O[C@@]1(C(=O)C=C(Nc3ccc(C(=O)NCCC(=O)O)c(Cl)c3)C[C@H]1C)C2=O. The predicted molar refractivity (Wildman–Crippen MR) is 139 cm³/mol. The summed E-state index contributed by atoms with van der Waals surface area (Å²) in [6.45, 7) is 1.69. The number of carbonyl (C=O) groups is 4. The second-order valence-electron chi connectivity index (χ2n) is 8.82. The number of fused-ring (bicyclic) bond motifs is 1. The van der Waals surface area contributed by atoms with Crippen LogP contribution in [0.15, 0.2) is 36.0 Å². The maximum absolute atomic E-state index is 13.6. The van der Waals surface area contributed by atoms with Gasteiger partial charge in [-0.1, -0.05) is 30.1 Å². The molecule has 2 aromatic carbocycles. The highest BCUT2D eigenvalue weighted by Gasteiger charge is 2.60. The van der Waals surface area contributed by atoms with E-state index in [4.69, 9.17) is 42.5 Å². The van der Waals surface area contributed by atoms with Crippen LogP contribution in [0.4, 0.5) is 5.69 Å². The van der Waals surface area contributed by atoms with E-state index in [2.05, 4.69) is 10.6 Å². The van der Waals surface area contributed by atoms with Crippen LogP contribution in [0.25, 0.3) is 0 Å². The number of allylic oxidation sites excluding steroid dienone is 1. The molecule has 0 fully saturated rings. The van der Waals surface area contributed by atoms with Crippen molar-refractivity contribution in [1.82, 2.24) is 5.32 Å². The van der Waals surface area contributed by atoms with Crippen LogP contribution in [0.1, 0.15) is 40.5 Å². The van der Waals surface area contributed by atoms with Crippen molar-refractivity contribution in [2.75, 3.05) is 26.1 Å². The summed E-state index contributed by atoms with van der Waals surface area (Å²) in [4.78, 5) is 49.9. The van der Waals surface area contributed by atoms with Crippen LogP contribution in [-0.4, -0.2) is 54.9 Å². The van der Waals surface area contributed by atoms with Gasteiger partial charge in [0.05, 0.1) is 31.2 Å². The number of halogens is 2. The Balaban J connectivity index is 1.56. The Kier molecular flexibility index (Phi) is 7.57. The van der Waals surface area contributed by atoms with Crippen molar-refractivity contribution in [2.45, 2.75) is 25.4 Å². The lowest BCUT2D eigenvalue weighted by Crippen LogP contribution is -2.55. The molecule has 4 rings (SSSR count). The lowest BCUT2D eigenvalue weighted by molar-refractivity contribution is -0.136. The molecule has 1 aliphatic carbocycles. The van der Waals surface area contributed by atoms with Gasteiger partial charge in [-0.15, -0.1) is 0 Å².